The second kappa shape index (κ2) is 9.18. The highest BCUT2D eigenvalue weighted by atomic mass is 32.2. The molecular weight excluding hydrogens is 413 g/mol. The third-order valence-electron chi connectivity index (χ3n) is 6.37. The molecule has 5 nitrogen and oxygen atoms in total. The summed E-state index contributed by atoms with van der Waals surface area (Å²) in [4.78, 5) is 19.5. The molecule has 3 heterocycles. The van der Waals surface area contributed by atoms with Gasteiger partial charge in [-0.15, -0.1) is 11.8 Å². The summed E-state index contributed by atoms with van der Waals surface area (Å²) in [6.07, 6.45) is 1.00. The molecule has 2 aromatic rings. The maximum absolute atomic E-state index is 14.3. The Hall–Kier alpha value is -2.09. The Kier molecular flexibility index (Phi) is 6.16. The van der Waals surface area contributed by atoms with Crippen LogP contribution < -0.4 is 4.74 Å². The lowest BCUT2D eigenvalue weighted by Gasteiger charge is -2.35. The molecule has 0 spiro atoms. The van der Waals surface area contributed by atoms with E-state index in [1.54, 1.807) is 23.9 Å². The fraction of sp³-hybridized carbons (Fsp3) is 0.458. The number of benzene rings is 2. The van der Waals surface area contributed by atoms with Crippen LogP contribution in [0.3, 0.4) is 0 Å². The first-order valence-corrected chi connectivity index (χ1v) is 12.1. The fourth-order valence-corrected chi connectivity index (χ4v) is 5.94. The van der Waals surface area contributed by atoms with Gasteiger partial charge in [0, 0.05) is 57.0 Å². The first-order chi connectivity index (χ1) is 15.2. The van der Waals surface area contributed by atoms with Crippen molar-refractivity contribution in [1.82, 2.24) is 14.7 Å². The number of carbonyl (C=O) groups is 1. The summed E-state index contributed by atoms with van der Waals surface area (Å²) < 4.78 is 19.9. The second-order valence-corrected chi connectivity index (χ2v) is 9.61. The van der Waals surface area contributed by atoms with Crippen molar-refractivity contribution in [1.29, 1.82) is 0 Å². The molecule has 2 aromatic carbocycles. The van der Waals surface area contributed by atoms with Gasteiger partial charge in [0.2, 0.25) is 5.91 Å². The molecule has 0 saturated carbocycles. The quantitative estimate of drug-likeness (QED) is 0.713. The van der Waals surface area contributed by atoms with Crippen LogP contribution in [-0.4, -0.2) is 72.2 Å². The van der Waals surface area contributed by atoms with Gasteiger partial charge in [0.05, 0.1) is 13.2 Å². The minimum Gasteiger partial charge on any atom is -0.493 e. The van der Waals surface area contributed by atoms with E-state index in [9.17, 15) is 9.18 Å². The van der Waals surface area contributed by atoms with Crippen molar-refractivity contribution in [2.75, 3.05) is 51.6 Å². The van der Waals surface area contributed by atoms with Crippen LogP contribution in [0.4, 0.5) is 4.39 Å². The molecule has 5 rings (SSSR count). The van der Waals surface area contributed by atoms with Gasteiger partial charge >= 0.3 is 0 Å². The number of thioether (sulfide) groups is 1. The predicted molar refractivity (Wildman–Crippen MR) is 121 cm³/mol. The van der Waals surface area contributed by atoms with Crippen LogP contribution >= 0.6 is 11.8 Å². The first kappa shape index (κ1) is 20.8. The first-order valence-electron chi connectivity index (χ1n) is 11.0. The number of piperazine rings is 1. The molecule has 3 aliphatic heterocycles. The summed E-state index contributed by atoms with van der Waals surface area (Å²) in [5.41, 5.74) is 3.26. The van der Waals surface area contributed by atoms with Crippen molar-refractivity contribution >= 4 is 17.7 Å². The number of amides is 1. The minimum absolute atomic E-state index is 0.102. The molecule has 2 saturated heterocycles. The van der Waals surface area contributed by atoms with Crippen molar-refractivity contribution in [3.05, 3.63) is 65.0 Å². The summed E-state index contributed by atoms with van der Waals surface area (Å²) in [7, 11) is 0. The summed E-state index contributed by atoms with van der Waals surface area (Å²) in [5, 5.41) is -0.209. The molecule has 0 N–H and O–H groups in total. The molecule has 0 bridgehead atoms. The fourth-order valence-electron chi connectivity index (χ4n) is 4.64. The number of ether oxygens (including phenoxy) is 1. The van der Waals surface area contributed by atoms with Gasteiger partial charge in [0.1, 0.15) is 16.9 Å². The number of halogens is 1. The van der Waals surface area contributed by atoms with Crippen LogP contribution in [0, 0.1) is 5.82 Å². The number of carbonyl (C=O) groups excluding carboxylic acids is 1. The molecule has 7 heteroatoms. The van der Waals surface area contributed by atoms with Gasteiger partial charge in [-0.25, -0.2) is 4.39 Å². The van der Waals surface area contributed by atoms with Crippen molar-refractivity contribution in [3.63, 3.8) is 0 Å². The molecule has 31 heavy (non-hydrogen) atoms. The van der Waals surface area contributed by atoms with E-state index in [1.807, 2.05) is 11.0 Å². The van der Waals surface area contributed by atoms with E-state index >= 15 is 0 Å². The highest BCUT2D eigenvalue weighted by Crippen LogP contribution is 2.39. The van der Waals surface area contributed by atoms with Gasteiger partial charge in [0.15, 0.2) is 0 Å². The Labute approximate surface area is 187 Å². The van der Waals surface area contributed by atoms with Crippen molar-refractivity contribution < 1.29 is 13.9 Å². The van der Waals surface area contributed by atoms with Gasteiger partial charge < -0.3 is 9.64 Å². The number of hydrogen-bond acceptors (Lipinski definition) is 5. The monoisotopic (exact) mass is 441 g/mol. The van der Waals surface area contributed by atoms with Gasteiger partial charge in [0.25, 0.3) is 0 Å². The van der Waals surface area contributed by atoms with Crippen molar-refractivity contribution in [2.24, 2.45) is 0 Å². The largest absolute Gasteiger partial charge is 0.493 e. The van der Waals surface area contributed by atoms with Gasteiger partial charge in [-0.3, -0.25) is 14.6 Å². The summed E-state index contributed by atoms with van der Waals surface area (Å²) in [6, 6.07) is 13.3. The van der Waals surface area contributed by atoms with Crippen molar-refractivity contribution in [2.45, 2.75) is 18.3 Å². The number of hydrogen-bond donors (Lipinski definition) is 0. The molecule has 0 aromatic heterocycles. The highest BCUT2D eigenvalue weighted by molar-refractivity contribution is 7.99. The lowest BCUT2D eigenvalue weighted by molar-refractivity contribution is -0.133. The van der Waals surface area contributed by atoms with Crippen LogP contribution in [0.15, 0.2) is 42.5 Å². The van der Waals surface area contributed by atoms with Gasteiger partial charge in [-0.05, 0) is 23.3 Å². The Bertz CT molecular complexity index is 948. The van der Waals surface area contributed by atoms with Crippen LogP contribution in [-0.2, 0) is 17.8 Å². The topological polar surface area (TPSA) is 36.0 Å². The van der Waals surface area contributed by atoms with Crippen LogP contribution in [0.25, 0.3) is 0 Å². The van der Waals surface area contributed by atoms with Gasteiger partial charge in [-0.2, -0.15) is 0 Å². The zero-order valence-electron chi connectivity index (χ0n) is 17.6. The molecule has 1 amide bonds. The third-order valence-corrected chi connectivity index (χ3v) is 7.61. The van der Waals surface area contributed by atoms with Gasteiger partial charge in [-0.1, -0.05) is 30.3 Å². The Balaban J connectivity index is 1.13. The Morgan fingerprint density at radius 3 is 2.71 bits per heavy atom. The molecule has 2 fully saturated rings. The normalized spacial score (nSPS) is 21.8. The van der Waals surface area contributed by atoms with E-state index in [2.05, 4.69) is 28.0 Å². The molecule has 0 aliphatic carbocycles. The maximum atomic E-state index is 14.3. The van der Waals surface area contributed by atoms with Crippen LogP contribution in [0.2, 0.25) is 0 Å². The second-order valence-electron chi connectivity index (χ2n) is 8.42. The van der Waals surface area contributed by atoms with Crippen molar-refractivity contribution in [3.8, 4) is 5.75 Å². The molecule has 3 aliphatic rings. The Morgan fingerprint density at radius 2 is 1.87 bits per heavy atom. The third kappa shape index (κ3) is 4.59. The molecule has 164 valence electrons. The standard InChI is InChI=1S/C24H28FN3O2S/c25-21-4-2-1-3-20(21)24-28(12-14-31-24)23(29)17-27-10-8-26(9-11-27)16-18-5-6-22-19(15-18)7-13-30-22/h1-6,15,24H,7-14,16-17H2. The average Bonchev–Trinajstić information content (AvgIpc) is 3.45. The number of fused-ring (bicyclic) bond motifs is 1. The number of nitrogens with zero attached hydrogens (tertiary/aromatic N) is 3. The number of rotatable bonds is 5. The molecule has 1 unspecified atom stereocenters. The smallest absolute Gasteiger partial charge is 0.237 e. The average molecular weight is 442 g/mol. The predicted octanol–water partition coefficient (Wildman–Crippen LogP) is 3.15. The lowest BCUT2D eigenvalue weighted by Crippen LogP contribution is -2.49. The Morgan fingerprint density at radius 1 is 1.06 bits per heavy atom. The highest BCUT2D eigenvalue weighted by Gasteiger charge is 2.33. The van der Waals surface area contributed by atoms with Crippen LogP contribution in [0.5, 0.6) is 5.75 Å². The van der Waals surface area contributed by atoms with E-state index in [-0.39, 0.29) is 17.1 Å². The minimum atomic E-state index is -0.230. The van der Waals surface area contributed by atoms with E-state index in [0.29, 0.717) is 18.7 Å². The maximum Gasteiger partial charge on any atom is 0.237 e. The summed E-state index contributed by atoms with van der Waals surface area (Å²) in [6.45, 7) is 6.49. The van der Waals surface area contributed by atoms with E-state index in [0.717, 1.165) is 57.3 Å². The lowest BCUT2D eigenvalue weighted by atomic mass is 10.1. The summed E-state index contributed by atoms with van der Waals surface area (Å²) >= 11 is 1.65. The van der Waals surface area contributed by atoms with E-state index in [1.165, 1.54) is 17.2 Å². The van der Waals surface area contributed by atoms with E-state index < -0.39 is 0 Å². The van der Waals surface area contributed by atoms with E-state index in [4.69, 9.17) is 4.74 Å². The zero-order chi connectivity index (χ0) is 21.2. The zero-order valence-corrected chi connectivity index (χ0v) is 18.5. The molecular formula is C24H28FN3O2S. The molecule has 1 atom stereocenters. The summed E-state index contributed by atoms with van der Waals surface area (Å²) in [5.74, 6) is 1.75. The molecule has 0 radical (unpaired) electrons. The van der Waals surface area contributed by atoms with Crippen LogP contribution in [0.1, 0.15) is 22.1 Å². The SMILES string of the molecule is O=C(CN1CCN(Cc2ccc3c(c2)CCO3)CC1)N1CCSC1c1ccccc1F.